The van der Waals surface area contributed by atoms with E-state index in [0.717, 1.165) is 5.56 Å². The van der Waals surface area contributed by atoms with Crippen molar-refractivity contribution in [2.45, 2.75) is 12.1 Å². The molecule has 128 valence electrons. The first kappa shape index (κ1) is 15.7. The Hall–Kier alpha value is -2.86. The fraction of sp³-hybridized carbons (Fsp3) is 0.263. The van der Waals surface area contributed by atoms with Gasteiger partial charge in [-0.3, -0.25) is 14.5 Å². The maximum Gasteiger partial charge on any atom is 0.257 e. The molecule has 0 radical (unpaired) electrons. The van der Waals surface area contributed by atoms with Crippen LogP contribution >= 0.6 is 0 Å². The number of fused-ring (bicyclic) bond motifs is 4. The van der Waals surface area contributed by atoms with Crippen LogP contribution in [0.2, 0.25) is 0 Å². The molecule has 6 nitrogen and oxygen atoms in total. The van der Waals surface area contributed by atoms with Gasteiger partial charge < -0.3 is 14.6 Å². The van der Waals surface area contributed by atoms with Gasteiger partial charge in [-0.2, -0.15) is 0 Å². The highest BCUT2D eigenvalue weighted by Crippen LogP contribution is 2.43. The molecule has 0 aromatic heterocycles. The van der Waals surface area contributed by atoms with Crippen LogP contribution in [0.4, 0.5) is 0 Å². The van der Waals surface area contributed by atoms with Crippen molar-refractivity contribution >= 4 is 11.7 Å². The number of benzene rings is 2. The summed E-state index contributed by atoms with van der Waals surface area (Å²) in [6, 6.07) is 9.99. The molecule has 0 saturated carbocycles. The smallest absolute Gasteiger partial charge is 0.257 e. The van der Waals surface area contributed by atoms with Gasteiger partial charge in [-0.25, -0.2) is 0 Å². The number of aliphatic hydroxyl groups is 1. The van der Waals surface area contributed by atoms with Crippen LogP contribution in [0.3, 0.4) is 0 Å². The Bertz CT molecular complexity index is 907. The Morgan fingerprint density at radius 2 is 1.72 bits per heavy atom. The molecule has 1 N–H and O–H groups in total. The van der Waals surface area contributed by atoms with Crippen LogP contribution in [-0.2, 0) is 12.1 Å². The van der Waals surface area contributed by atoms with Crippen molar-refractivity contribution in [2.75, 3.05) is 20.8 Å². The van der Waals surface area contributed by atoms with E-state index in [1.54, 1.807) is 36.4 Å². The van der Waals surface area contributed by atoms with Crippen LogP contribution in [0, 0.1) is 0 Å². The van der Waals surface area contributed by atoms with Gasteiger partial charge in [0.25, 0.3) is 5.91 Å². The van der Waals surface area contributed by atoms with Crippen molar-refractivity contribution in [1.82, 2.24) is 4.90 Å². The quantitative estimate of drug-likeness (QED) is 0.902. The average Bonchev–Trinajstić information content (AvgIpc) is 2.80. The van der Waals surface area contributed by atoms with E-state index in [1.165, 1.54) is 19.1 Å². The minimum atomic E-state index is -1.99. The number of Topliss-reactive ketones (excluding diaryl/α,β-unsaturated/α-hetero) is 1. The lowest BCUT2D eigenvalue weighted by Gasteiger charge is -2.30. The number of amides is 1. The number of carbonyl (C=O) groups excluding carboxylic acids is 2. The van der Waals surface area contributed by atoms with Crippen molar-refractivity contribution in [3.05, 3.63) is 58.7 Å². The molecular formula is C19H17NO5. The molecule has 0 spiro atoms. The highest BCUT2D eigenvalue weighted by Gasteiger charge is 2.55. The summed E-state index contributed by atoms with van der Waals surface area (Å²) in [4.78, 5) is 27.2. The highest BCUT2D eigenvalue weighted by molar-refractivity contribution is 6.12. The van der Waals surface area contributed by atoms with Gasteiger partial charge in [0, 0.05) is 23.2 Å². The summed E-state index contributed by atoms with van der Waals surface area (Å²) in [7, 11) is 3.01. The van der Waals surface area contributed by atoms with Crippen molar-refractivity contribution in [1.29, 1.82) is 0 Å². The lowest BCUT2D eigenvalue weighted by atomic mass is 9.91. The Labute approximate surface area is 144 Å². The summed E-state index contributed by atoms with van der Waals surface area (Å²) in [5.41, 5.74) is -0.240. The van der Waals surface area contributed by atoms with E-state index in [2.05, 4.69) is 0 Å². The van der Waals surface area contributed by atoms with E-state index in [4.69, 9.17) is 9.47 Å². The molecule has 1 unspecified atom stereocenters. The summed E-state index contributed by atoms with van der Waals surface area (Å²) < 4.78 is 10.6. The Balaban J connectivity index is 1.94. The molecule has 1 atom stereocenters. The van der Waals surface area contributed by atoms with Crippen molar-refractivity contribution < 1.29 is 24.2 Å². The summed E-state index contributed by atoms with van der Waals surface area (Å²) in [5.74, 6) is 0.0523. The van der Waals surface area contributed by atoms with Gasteiger partial charge in [-0.15, -0.1) is 0 Å². The van der Waals surface area contributed by atoms with Gasteiger partial charge in [0.15, 0.2) is 11.5 Å². The zero-order chi connectivity index (χ0) is 17.8. The number of rotatable bonds is 2. The summed E-state index contributed by atoms with van der Waals surface area (Å²) in [6.45, 7) is 0.234. The van der Waals surface area contributed by atoms with Gasteiger partial charge in [-0.1, -0.05) is 18.2 Å². The SMILES string of the molecule is COc1cc2c(cc1OC)C(=O)C1(O)c3ccccc3C(=O)N1CC2. The second-order valence-corrected chi connectivity index (χ2v) is 6.12. The first-order valence-corrected chi connectivity index (χ1v) is 7.96. The number of ketones is 1. The third-order valence-corrected chi connectivity index (χ3v) is 4.94. The standard InChI is InChI=1S/C19H17NO5/c1-24-15-9-11-7-8-20-18(22)12-5-3-4-6-14(12)19(20,23)17(21)13(11)10-16(15)25-2/h3-6,9-10,23H,7-8H2,1-2H3. The number of hydrogen-bond acceptors (Lipinski definition) is 5. The predicted molar refractivity (Wildman–Crippen MR) is 89.0 cm³/mol. The summed E-state index contributed by atoms with van der Waals surface area (Å²) >= 11 is 0. The molecule has 1 amide bonds. The monoisotopic (exact) mass is 339 g/mol. The lowest BCUT2D eigenvalue weighted by Crippen LogP contribution is -2.49. The zero-order valence-corrected chi connectivity index (χ0v) is 13.9. The van der Waals surface area contributed by atoms with Crippen LogP contribution in [0.15, 0.2) is 36.4 Å². The normalized spacial score (nSPS) is 21.3. The van der Waals surface area contributed by atoms with E-state index in [9.17, 15) is 14.7 Å². The maximum absolute atomic E-state index is 13.3. The molecule has 2 aromatic carbocycles. The molecule has 6 heteroatoms. The van der Waals surface area contributed by atoms with E-state index in [-0.39, 0.29) is 12.5 Å². The number of nitrogens with zero attached hydrogens (tertiary/aromatic N) is 1. The van der Waals surface area contributed by atoms with E-state index < -0.39 is 11.5 Å². The van der Waals surface area contributed by atoms with Crippen LogP contribution in [-0.4, -0.2) is 42.5 Å². The molecule has 2 heterocycles. The molecule has 0 fully saturated rings. The van der Waals surface area contributed by atoms with Crippen molar-refractivity contribution in [2.24, 2.45) is 0 Å². The van der Waals surface area contributed by atoms with Gasteiger partial charge >= 0.3 is 0 Å². The maximum atomic E-state index is 13.3. The predicted octanol–water partition coefficient (Wildman–Crippen LogP) is 1.74. The molecule has 4 rings (SSSR count). The summed E-state index contributed by atoms with van der Waals surface area (Å²) in [5, 5.41) is 11.3. The van der Waals surface area contributed by atoms with E-state index in [0.29, 0.717) is 34.6 Å². The third-order valence-electron chi connectivity index (χ3n) is 4.94. The van der Waals surface area contributed by atoms with Gasteiger partial charge in [-0.05, 0) is 30.2 Å². The van der Waals surface area contributed by atoms with E-state index >= 15 is 0 Å². The van der Waals surface area contributed by atoms with Crippen LogP contribution in [0.1, 0.15) is 31.8 Å². The molecule has 25 heavy (non-hydrogen) atoms. The first-order chi connectivity index (χ1) is 12.0. The minimum absolute atomic E-state index is 0.234. The first-order valence-electron chi connectivity index (χ1n) is 7.96. The molecule has 2 aliphatic heterocycles. The highest BCUT2D eigenvalue weighted by atomic mass is 16.5. The zero-order valence-electron chi connectivity index (χ0n) is 13.9. The molecule has 2 aromatic rings. The second-order valence-electron chi connectivity index (χ2n) is 6.12. The molecular weight excluding hydrogens is 322 g/mol. The molecule has 2 aliphatic rings. The Morgan fingerprint density at radius 1 is 1.04 bits per heavy atom. The molecule has 0 saturated heterocycles. The minimum Gasteiger partial charge on any atom is -0.493 e. The number of methoxy groups -OCH3 is 2. The Kier molecular flexibility index (Phi) is 3.33. The van der Waals surface area contributed by atoms with Gasteiger partial charge in [0.2, 0.25) is 11.5 Å². The van der Waals surface area contributed by atoms with Crippen molar-refractivity contribution in [3.63, 3.8) is 0 Å². The van der Waals surface area contributed by atoms with Crippen LogP contribution in [0.5, 0.6) is 11.5 Å². The molecule has 0 aliphatic carbocycles. The summed E-state index contributed by atoms with van der Waals surface area (Å²) in [6.07, 6.45) is 0.434. The number of hydrogen-bond donors (Lipinski definition) is 1. The number of ether oxygens (including phenoxy) is 2. The van der Waals surface area contributed by atoms with Gasteiger partial charge in [0.1, 0.15) is 0 Å². The number of carbonyl (C=O) groups is 2. The third kappa shape index (κ3) is 1.94. The van der Waals surface area contributed by atoms with E-state index in [1.807, 2.05) is 0 Å². The largest absolute Gasteiger partial charge is 0.493 e. The van der Waals surface area contributed by atoms with Crippen molar-refractivity contribution in [3.8, 4) is 11.5 Å². The van der Waals surface area contributed by atoms with Crippen LogP contribution < -0.4 is 9.47 Å². The fourth-order valence-corrected chi connectivity index (χ4v) is 3.68. The fourth-order valence-electron chi connectivity index (χ4n) is 3.68. The lowest BCUT2D eigenvalue weighted by molar-refractivity contribution is -0.0537. The Morgan fingerprint density at radius 3 is 2.44 bits per heavy atom. The van der Waals surface area contributed by atoms with Gasteiger partial charge in [0.05, 0.1) is 14.2 Å². The molecule has 0 bridgehead atoms. The second kappa shape index (κ2) is 5.32. The topological polar surface area (TPSA) is 76.1 Å². The average molecular weight is 339 g/mol. The van der Waals surface area contributed by atoms with Crippen LogP contribution in [0.25, 0.3) is 0 Å².